The quantitative estimate of drug-likeness (QED) is 0.634. The second kappa shape index (κ2) is 6.68. The number of benzene rings is 1. The van der Waals surface area contributed by atoms with Crippen LogP contribution in [0.5, 0.6) is 0 Å². The van der Waals surface area contributed by atoms with Gasteiger partial charge in [0, 0.05) is 11.4 Å². The van der Waals surface area contributed by atoms with E-state index in [0.29, 0.717) is 0 Å². The Morgan fingerprint density at radius 3 is 2.72 bits per heavy atom. The number of carbonyl (C=O) groups excluding carboxylic acids is 1. The molecule has 0 aromatic heterocycles. The first-order chi connectivity index (χ1) is 8.51. The van der Waals surface area contributed by atoms with Crippen molar-refractivity contribution in [2.45, 2.75) is 18.6 Å². The highest BCUT2D eigenvalue weighted by atomic mass is 35.5. The summed E-state index contributed by atoms with van der Waals surface area (Å²) in [7, 11) is 1.20. The summed E-state index contributed by atoms with van der Waals surface area (Å²) < 4.78 is 18.0. The number of carbonyl (C=O) groups is 1. The van der Waals surface area contributed by atoms with E-state index in [1.54, 1.807) is 0 Å². The van der Waals surface area contributed by atoms with Gasteiger partial charge in [0.1, 0.15) is 11.9 Å². The molecule has 0 radical (unpaired) electrons. The monoisotopic (exact) mass is 276 g/mol. The Bertz CT molecular complexity index is 425. The van der Waals surface area contributed by atoms with Gasteiger partial charge in [0.05, 0.1) is 18.8 Å². The number of hydrogen-bond donors (Lipinski definition) is 2. The molecule has 1 aromatic rings. The van der Waals surface area contributed by atoms with E-state index < -0.39 is 24.0 Å². The molecule has 0 saturated heterocycles. The molecule has 0 amide bonds. The van der Waals surface area contributed by atoms with E-state index in [9.17, 15) is 19.4 Å². The van der Waals surface area contributed by atoms with Crippen LogP contribution < -0.4 is 0 Å². The fraction of sp³-hybridized carbons (Fsp3) is 0.417. The molecule has 1 rings (SSSR count). The number of methoxy groups -OCH3 is 1. The van der Waals surface area contributed by atoms with Gasteiger partial charge >= 0.3 is 5.97 Å². The van der Waals surface area contributed by atoms with E-state index in [0.717, 1.165) is 12.1 Å². The summed E-state index contributed by atoms with van der Waals surface area (Å²) in [6.07, 6.45) is -2.51. The van der Waals surface area contributed by atoms with Crippen LogP contribution in [0.15, 0.2) is 18.2 Å². The van der Waals surface area contributed by atoms with Crippen molar-refractivity contribution in [3.05, 3.63) is 35.1 Å². The fourth-order valence-corrected chi connectivity index (χ4v) is 1.72. The maximum Gasteiger partial charge on any atom is 0.337 e. The van der Waals surface area contributed by atoms with E-state index in [-0.39, 0.29) is 23.4 Å². The molecule has 0 aliphatic carbocycles. The zero-order valence-electron chi connectivity index (χ0n) is 9.77. The van der Waals surface area contributed by atoms with Crippen LogP contribution in [0.2, 0.25) is 0 Å². The van der Waals surface area contributed by atoms with Crippen LogP contribution in [0.3, 0.4) is 0 Å². The maximum atomic E-state index is 13.5. The highest BCUT2D eigenvalue weighted by molar-refractivity contribution is 6.17. The number of aliphatic hydroxyl groups excluding tert-OH is 2. The minimum Gasteiger partial charge on any atom is -0.465 e. The molecule has 100 valence electrons. The molecule has 18 heavy (non-hydrogen) atoms. The summed E-state index contributed by atoms with van der Waals surface area (Å²) >= 11 is 5.43. The van der Waals surface area contributed by atoms with Gasteiger partial charge in [-0.3, -0.25) is 0 Å². The molecule has 0 aliphatic heterocycles. The van der Waals surface area contributed by atoms with Gasteiger partial charge in [-0.1, -0.05) is 0 Å². The first-order valence-corrected chi connectivity index (χ1v) is 5.84. The van der Waals surface area contributed by atoms with Crippen LogP contribution in [-0.2, 0) is 4.74 Å². The van der Waals surface area contributed by atoms with E-state index in [1.165, 1.54) is 13.2 Å². The Labute approximate surface area is 109 Å². The van der Waals surface area contributed by atoms with Crippen molar-refractivity contribution in [3.8, 4) is 0 Å². The van der Waals surface area contributed by atoms with Gasteiger partial charge in [0.2, 0.25) is 0 Å². The Morgan fingerprint density at radius 2 is 2.17 bits per heavy atom. The first kappa shape index (κ1) is 14.9. The molecule has 2 atom stereocenters. The van der Waals surface area contributed by atoms with Gasteiger partial charge in [-0.2, -0.15) is 0 Å². The molecular weight excluding hydrogens is 263 g/mol. The molecule has 0 aliphatic rings. The lowest BCUT2D eigenvalue weighted by Crippen LogP contribution is -2.20. The van der Waals surface area contributed by atoms with Crippen molar-refractivity contribution in [1.29, 1.82) is 0 Å². The molecule has 0 spiro atoms. The molecule has 4 nitrogen and oxygen atoms in total. The number of esters is 1. The van der Waals surface area contributed by atoms with Crippen LogP contribution in [-0.4, -0.2) is 35.3 Å². The van der Waals surface area contributed by atoms with Crippen LogP contribution in [0.4, 0.5) is 4.39 Å². The zero-order valence-corrected chi connectivity index (χ0v) is 10.5. The number of ether oxygens (including phenoxy) is 1. The summed E-state index contributed by atoms with van der Waals surface area (Å²) in [5, 5.41) is 19.3. The van der Waals surface area contributed by atoms with Crippen molar-refractivity contribution in [1.82, 2.24) is 0 Å². The molecular formula is C12H14ClFO4. The van der Waals surface area contributed by atoms with Gasteiger partial charge < -0.3 is 14.9 Å². The van der Waals surface area contributed by atoms with Crippen molar-refractivity contribution >= 4 is 17.6 Å². The Hall–Kier alpha value is -1.17. The summed E-state index contributed by atoms with van der Waals surface area (Å²) in [6, 6.07) is 3.44. The van der Waals surface area contributed by atoms with Gasteiger partial charge in [-0.15, -0.1) is 11.6 Å². The minimum atomic E-state index is -1.44. The van der Waals surface area contributed by atoms with E-state index >= 15 is 0 Å². The number of rotatable bonds is 5. The summed E-state index contributed by atoms with van der Waals surface area (Å²) in [4.78, 5) is 11.3. The topological polar surface area (TPSA) is 66.8 Å². The second-order valence-electron chi connectivity index (χ2n) is 3.72. The average molecular weight is 277 g/mol. The lowest BCUT2D eigenvalue weighted by molar-refractivity contribution is 0.0148. The average Bonchev–Trinajstić information content (AvgIpc) is 2.37. The number of alkyl halides is 1. The lowest BCUT2D eigenvalue weighted by Gasteiger charge is -2.18. The summed E-state index contributed by atoms with van der Waals surface area (Å²) in [5.74, 6) is -1.21. The summed E-state index contributed by atoms with van der Waals surface area (Å²) in [5.41, 5.74) is -0.0541. The highest BCUT2D eigenvalue weighted by Crippen LogP contribution is 2.23. The Morgan fingerprint density at radius 1 is 1.50 bits per heavy atom. The largest absolute Gasteiger partial charge is 0.465 e. The fourth-order valence-electron chi connectivity index (χ4n) is 1.49. The normalized spacial score (nSPS) is 14.1. The van der Waals surface area contributed by atoms with Crippen molar-refractivity contribution < 1.29 is 24.1 Å². The van der Waals surface area contributed by atoms with E-state index in [2.05, 4.69) is 4.74 Å². The SMILES string of the molecule is COC(=O)c1ccc(F)c(C(O)C(O)CCCl)c1. The Balaban J connectivity index is 3.03. The van der Waals surface area contributed by atoms with Crippen LogP contribution in [0.25, 0.3) is 0 Å². The molecule has 6 heteroatoms. The van der Waals surface area contributed by atoms with Crippen molar-refractivity contribution in [3.63, 3.8) is 0 Å². The van der Waals surface area contributed by atoms with Gasteiger partial charge in [-0.05, 0) is 24.6 Å². The third-order valence-corrected chi connectivity index (χ3v) is 2.72. The third kappa shape index (κ3) is 3.41. The molecule has 2 N–H and O–H groups in total. The van der Waals surface area contributed by atoms with Gasteiger partial charge in [0.15, 0.2) is 0 Å². The van der Waals surface area contributed by atoms with Gasteiger partial charge in [-0.25, -0.2) is 9.18 Å². The van der Waals surface area contributed by atoms with E-state index in [4.69, 9.17) is 11.6 Å². The van der Waals surface area contributed by atoms with Crippen LogP contribution in [0, 0.1) is 5.82 Å². The third-order valence-electron chi connectivity index (χ3n) is 2.51. The maximum absolute atomic E-state index is 13.5. The van der Waals surface area contributed by atoms with Gasteiger partial charge in [0.25, 0.3) is 0 Å². The Kier molecular flexibility index (Phi) is 5.53. The molecule has 0 saturated carbocycles. The first-order valence-electron chi connectivity index (χ1n) is 5.31. The summed E-state index contributed by atoms with van der Waals surface area (Å²) in [6.45, 7) is 0. The number of aliphatic hydroxyl groups is 2. The molecule has 0 fully saturated rings. The smallest absolute Gasteiger partial charge is 0.337 e. The molecule has 1 aromatic carbocycles. The standard InChI is InChI=1S/C12H14ClFO4/c1-18-12(17)7-2-3-9(14)8(6-7)11(16)10(15)4-5-13/h2-3,6,10-11,15-16H,4-5H2,1H3. The van der Waals surface area contributed by atoms with Crippen molar-refractivity contribution in [2.75, 3.05) is 13.0 Å². The second-order valence-corrected chi connectivity index (χ2v) is 4.10. The molecule has 0 bridgehead atoms. The van der Waals surface area contributed by atoms with Crippen molar-refractivity contribution in [2.24, 2.45) is 0 Å². The number of hydrogen-bond acceptors (Lipinski definition) is 4. The minimum absolute atomic E-state index is 0.103. The van der Waals surface area contributed by atoms with Crippen LogP contribution >= 0.6 is 11.6 Å². The van der Waals surface area contributed by atoms with E-state index in [1.807, 2.05) is 0 Å². The predicted octanol–water partition coefficient (Wildman–Crippen LogP) is 1.64. The van der Waals surface area contributed by atoms with Crippen LogP contribution in [0.1, 0.15) is 28.4 Å². The predicted molar refractivity (Wildman–Crippen MR) is 64.0 cm³/mol. The number of halogens is 2. The zero-order chi connectivity index (χ0) is 13.7. The molecule has 0 heterocycles. The highest BCUT2D eigenvalue weighted by Gasteiger charge is 2.22. The lowest BCUT2D eigenvalue weighted by atomic mass is 10.00. The molecule has 2 unspecified atom stereocenters.